The summed E-state index contributed by atoms with van der Waals surface area (Å²) < 4.78 is 0. The molecule has 8 nitrogen and oxygen atoms in total. The number of hydrazine groups is 2. The zero-order valence-electron chi connectivity index (χ0n) is 7.23. The molecule has 0 bridgehead atoms. The number of rotatable bonds is 2. The highest BCUT2D eigenvalue weighted by molar-refractivity contribution is 5.75. The number of nitro groups is 2. The van der Waals surface area contributed by atoms with Crippen molar-refractivity contribution in [3.63, 3.8) is 0 Å². The van der Waals surface area contributed by atoms with Crippen LogP contribution in [0, 0.1) is 31.7 Å². The predicted molar refractivity (Wildman–Crippen MR) is 46.9 cm³/mol. The summed E-state index contributed by atoms with van der Waals surface area (Å²) in [5.74, 6) is 0. The van der Waals surface area contributed by atoms with Crippen molar-refractivity contribution in [3.05, 3.63) is 44.5 Å². The number of hydrogen-bond donors (Lipinski definition) is 0. The van der Waals surface area contributed by atoms with E-state index in [1.807, 2.05) is 0 Å². The van der Waals surface area contributed by atoms with Gasteiger partial charge in [-0.2, -0.15) is 5.26 Å². The Labute approximate surface area is 83.2 Å². The number of benzene rings is 1. The van der Waals surface area contributed by atoms with Crippen LogP contribution in [0.5, 0.6) is 0 Å². The van der Waals surface area contributed by atoms with Crippen molar-refractivity contribution in [2.75, 3.05) is 0 Å². The van der Waals surface area contributed by atoms with E-state index >= 15 is 0 Å². The van der Waals surface area contributed by atoms with Crippen molar-refractivity contribution in [3.8, 4) is 17.3 Å². The summed E-state index contributed by atoms with van der Waals surface area (Å²) in [5, 5.41) is 22.9. The van der Waals surface area contributed by atoms with E-state index in [4.69, 9.17) is 5.26 Å². The Bertz CT molecular complexity index is 400. The molecule has 0 amide bonds. The minimum Gasteiger partial charge on any atom is -0.229 e. The van der Waals surface area contributed by atoms with Gasteiger partial charge in [0.1, 0.15) is 0 Å². The van der Waals surface area contributed by atoms with Crippen LogP contribution < -0.4 is 0 Å². The molecule has 0 atom stereocenters. The Balaban J connectivity index is 0.000000158. The third kappa shape index (κ3) is 2.16. The Hall–Kier alpha value is -2.69. The Morgan fingerprint density at radius 2 is 1.40 bits per heavy atom. The lowest BCUT2D eigenvalue weighted by Crippen LogP contribution is -2.30. The van der Waals surface area contributed by atoms with Crippen LogP contribution in [-0.4, -0.2) is 15.2 Å². The van der Waals surface area contributed by atoms with Crippen LogP contribution in [0.2, 0.25) is 0 Å². The van der Waals surface area contributed by atoms with Gasteiger partial charge in [0, 0.05) is 0 Å². The van der Waals surface area contributed by atoms with Crippen LogP contribution in [0.25, 0.3) is 11.1 Å². The van der Waals surface area contributed by atoms with E-state index < -0.39 is 15.2 Å². The minimum absolute atomic E-state index is 0.736. The zero-order chi connectivity index (χ0) is 11.4. The van der Waals surface area contributed by atoms with Crippen molar-refractivity contribution in [2.24, 2.45) is 0 Å². The third-order valence-electron chi connectivity index (χ3n) is 1.62. The molecule has 0 fully saturated rings. The van der Waals surface area contributed by atoms with Gasteiger partial charge in [-0.25, -0.2) is 20.2 Å². The van der Waals surface area contributed by atoms with Gasteiger partial charge in [-0.3, -0.25) is 0 Å². The molecule has 0 radical (unpaired) electrons. The van der Waals surface area contributed by atoms with E-state index in [2.05, 4.69) is 24.3 Å². The second kappa shape index (κ2) is 4.01. The molecule has 2 aliphatic carbocycles. The number of nitriles is 1. The third-order valence-corrected chi connectivity index (χ3v) is 1.62. The fraction of sp³-hybridized carbons (Fsp3) is 0. The maximum Gasteiger partial charge on any atom is 0.325 e. The van der Waals surface area contributed by atoms with Crippen molar-refractivity contribution in [2.45, 2.75) is 0 Å². The van der Waals surface area contributed by atoms with E-state index in [0.29, 0.717) is 0 Å². The normalized spacial score (nSPS) is 9.00. The van der Waals surface area contributed by atoms with Crippen LogP contribution in [0.15, 0.2) is 24.3 Å². The first-order valence-electron chi connectivity index (χ1n) is 3.65. The summed E-state index contributed by atoms with van der Waals surface area (Å²) in [6.07, 6.45) is 0.736. The molecule has 2 aliphatic rings. The van der Waals surface area contributed by atoms with Crippen molar-refractivity contribution in [1.82, 2.24) is 5.12 Å². The molecule has 0 spiro atoms. The maximum atomic E-state index is 9.44. The van der Waals surface area contributed by atoms with Gasteiger partial charge in [0.25, 0.3) is 5.12 Å². The lowest BCUT2D eigenvalue weighted by atomic mass is 9.95. The van der Waals surface area contributed by atoms with E-state index in [1.54, 1.807) is 0 Å². The molecule has 0 heterocycles. The van der Waals surface area contributed by atoms with E-state index in [0.717, 1.165) is 6.19 Å². The molecule has 76 valence electrons. The van der Waals surface area contributed by atoms with Crippen molar-refractivity contribution >= 4 is 0 Å². The number of fused-ring (bicyclic) bond motifs is 1. The van der Waals surface area contributed by atoms with Gasteiger partial charge in [-0.1, -0.05) is 24.3 Å². The molecule has 0 aliphatic heterocycles. The highest BCUT2D eigenvalue weighted by Crippen LogP contribution is 2.29. The Kier molecular flexibility index (Phi) is 2.78. The van der Waals surface area contributed by atoms with Crippen molar-refractivity contribution < 1.29 is 10.1 Å². The van der Waals surface area contributed by atoms with Crippen molar-refractivity contribution in [1.29, 1.82) is 5.26 Å². The smallest absolute Gasteiger partial charge is 0.229 e. The molecular weight excluding hydrogens is 204 g/mol. The monoisotopic (exact) mass is 208 g/mol. The van der Waals surface area contributed by atoms with Crippen LogP contribution >= 0.6 is 0 Å². The molecule has 0 N–H and O–H groups in total. The van der Waals surface area contributed by atoms with Gasteiger partial charge < -0.3 is 0 Å². The lowest BCUT2D eigenvalue weighted by molar-refractivity contribution is -0.887. The largest absolute Gasteiger partial charge is 0.325 e. The number of nitrogens with zero attached hydrogens (tertiary/aromatic N) is 4. The van der Waals surface area contributed by atoms with Gasteiger partial charge in [0.2, 0.25) is 10.1 Å². The predicted octanol–water partition coefficient (Wildman–Crippen LogP) is 0.820. The van der Waals surface area contributed by atoms with E-state index in [9.17, 15) is 20.2 Å². The first kappa shape index (κ1) is 10.4. The quantitative estimate of drug-likeness (QED) is 0.312. The fourth-order valence-corrected chi connectivity index (χ4v) is 0.795. The molecule has 8 heteroatoms. The Morgan fingerprint density at radius 3 is 1.40 bits per heavy atom. The van der Waals surface area contributed by atoms with Gasteiger partial charge >= 0.3 is 6.19 Å². The molecule has 0 saturated carbocycles. The lowest BCUT2D eigenvalue weighted by Gasteiger charge is -2.10. The van der Waals surface area contributed by atoms with Gasteiger partial charge in [0.15, 0.2) is 0 Å². The summed E-state index contributed by atoms with van der Waals surface area (Å²) >= 11 is 0. The van der Waals surface area contributed by atoms with Gasteiger partial charge in [-0.05, 0) is 11.1 Å². The molecule has 0 aromatic heterocycles. The first-order chi connectivity index (χ1) is 7.06. The van der Waals surface area contributed by atoms with Crippen LogP contribution in [-0.2, 0) is 0 Å². The highest BCUT2D eigenvalue weighted by atomic mass is 16.8. The molecule has 0 aromatic rings. The first-order valence-corrected chi connectivity index (χ1v) is 3.65. The van der Waals surface area contributed by atoms with Gasteiger partial charge in [-0.15, -0.1) is 0 Å². The topological polar surface area (TPSA) is 113 Å². The summed E-state index contributed by atoms with van der Waals surface area (Å²) in [6.45, 7) is 0. The summed E-state index contributed by atoms with van der Waals surface area (Å²) in [5.41, 5.74) is 2.85. The SMILES string of the molecule is N#CN([N+](=O)[O-])[N+](=O)[O-].c1cc2ccc1-2. The minimum atomic E-state index is -1.43. The molecule has 0 saturated heterocycles. The highest BCUT2D eigenvalue weighted by Gasteiger charge is 2.26. The molecule has 0 unspecified atom stereocenters. The standard InChI is InChI=1S/C6H4.CN4O4/c1-2-6-4-3-5(1)6;2-1-3(4(6)7)5(8)9/h1-4H;. The van der Waals surface area contributed by atoms with Gasteiger partial charge in [0.05, 0.1) is 0 Å². The molecular formula is C7H4N4O4. The zero-order valence-corrected chi connectivity index (χ0v) is 7.23. The Morgan fingerprint density at radius 1 is 1.07 bits per heavy atom. The summed E-state index contributed by atoms with van der Waals surface area (Å²) in [6, 6.07) is 8.48. The molecule has 15 heavy (non-hydrogen) atoms. The second-order valence-electron chi connectivity index (χ2n) is 2.44. The van der Waals surface area contributed by atoms with Crippen LogP contribution in [0.1, 0.15) is 0 Å². The molecule has 0 aromatic carbocycles. The average molecular weight is 208 g/mol. The van der Waals surface area contributed by atoms with E-state index in [-0.39, 0.29) is 0 Å². The fourth-order valence-electron chi connectivity index (χ4n) is 0.795. The number of hydrogen-bond acceptors (Lipinski definition) is 5. The van der Waals surface area contributed by atoms with Crippen LogP contribution in [0.4, 0.5) is 0 Å². The summed E-state index contributed by atoms with van der Waals surface area (Å²) in [7, 11) is 0. The maximum absolute atomic E-state index is 9.44. The second-order valence-corrected chi connectivity index (χ2v) is 2.44. The average Bonchev–Trinajstić information content (AvgIpc) is 2.12. The summed E-state index contributed by atoms with van der Waals surface area (Å²) in [4.78, 5) is 18.9. The van der Waals surface area contributed by atoms with Crippen LogP contribution in [0.3, 0.4) is 0 Å². The molecule has 2 rings (SSSR count). The van der Waals surface area contributed by atoms with E-state index in [1.165, 1.54) is 11.1 Å².